The van der Waals surface area contributed by atoms with E-state index in [0.29, 0.717) is 5.69 Å². The highest BCUT2D eigenvalue weighted by molar-refractivity contribution is 7.91. The number of hydrogen-bond donors (Lipinski definition) is 1. The van der Waals surface area contributed by atoms with Crippen LogP contribution >= 0.6 is 11.6 Å². The van der Waals surface area contributed by atoms with Gasteiger partial charge in [-0.15, -0.1) is 0 Å². The summed E-state index contributed by atoms with van der Waals surface area (Å²) in [6.07, 6.45) is 0.969. The fraction of sp³-hybridized carbons (Fsp3) is 0.375. The molecule has 0 bridgehead atoms. The summed E-state index contributed by atoms with van der Waals surface area (Å²) in [4.78, 5) is 18.9. The minimum absolute atomic E-state index is 0.00125. The van der Waals surface area contributed by atoms with Gasteiger partial charge >= 0.3 is 0 Å². The summed E-state index contributed by atoms with van der Waals surface area (Å²) >= 11 is 5.65. The third-order valence-electron chi connectivity index (χ3n) is 1.47. The van der Waals surface area contributed by atoms with Crippen molar-refractivity contribution in [3.63, 3.8) is 0 Å². The Morgan fingerprint density at radius 1 is 1.50 bits per heavy atom. The SMILES string of the molecule is Cc1cc(Cl)nc(NC(=O)CS(C)(=O)=O)n1. The number of aryl methyl sites for hydroxylation is 1. The van der Waals surface area contributed by atoms with E-state index in [1.54, 1.807) is 6.92 Å². The number of hydrogen-bond acceptors (Lipinski definition) is 5. The fourth-order valence-electron chi connectivity index (χ4n) is 0.985. The molecule has 6 nitrogen and oxygen atoms in total. The molecule has 0 aromatic carbocycles. The zero-order valence-electron chi connectivity index (χ0n) is 8.69. The molecule has 0 aliphatic heterocycles. The van der Waals surface area contributed by atoms with E-state index in [1.807, 2.05) is 0 Å². The van der Waals surface area contributed by atoms with Gasteiger partial charge in [-0.1, -0.05) is 11.6 Å². The Kier molecular flexibility index (Phi) is 3.82. The maximum absolute atomic E-state index is 11.2. The molecular formula is C8H10ClN3O3S. The summed E-state index contributed by atoms with van der Waals surface area (Å²) in [6, 6.07) is 1.52. The molecule has 8 heteroatoms. The van der Waals surface area contributed by atoms with Gasteiger partial charge in [0.25, 0.3) is 0 Å². The minimum Gasteiger partial charge on any atom is -0.294 e. The first-order valence-corrected chi connectivity index (χ1v) is 6.69. The van der Waals surface area contributed by atoms with E-state index in [-0.39, 0.29) is 11.1 Å². The topological polar surface area (TPSA) is 89.0 Å². The number of amides is 1. The second-order valence-electron chi connectivity index (χ2n) is 3.27. The summed E-state index contributed by atoms with van der Waals surface area (Å²) in [7, 11) is -3.36. The number of aromatic nitrogens is 2. The van der Waals surface area contributed by atoms with Crippen LogP contribution in [0.5, 0.6) is 0 Å². The van der Waals surface area contributed by atoms with E-state index in [1.165, 1.54) is 6.07 Å². The largest absolute Gasteiger partial charge is 0.294 e. The molecule has 1 heterocycles. The normalized spacial score (nSPS) is 11.2. The molecule has 0 saturated heterocycles. The van der Waals surface area contributed by atoms with Gasteiger partial charge < -0.3 is 0 Å². The maximum atomic E-state index is 11.2. The van der Waals surface area contributed by atoms with Crippen LogP contribution in [0.15, 0.2) is 6.07 Å². The molecule has 0 aliphatic carbocycles. The van der Waals surface area contributed by atoms with Crippen molar-refractivity contribution in [3.8, 4) is 0 Å². The Morgan fingerprint density at radius 3 is 2.62 bits per heavy atom. The molecule has 88 valence electrons. The predicted molar refractivity (Wildman–Crippen MR) is 60.1 cm³/mol. The lowest BCUT2D eigenvalue weighted by atomic mass is 10.5. The number of sulfone groups is 1. The molecule has 16 heavy (non-hydrogen) atoms. The smallest absolute Gasteiger partial charge is 0.241 e. The van der Waals surface area contributed by atoms with Crippen molar-refractivity contribution in [1.29, 1.82) is 0 Å². The van der Waals surface area contributed by atoms with Crippen LogP contribution in [0, 0.1) is 6.92 Å². The molecule has 1 aromatic heterocycles. The predicted octanol–water partition coefficient (Wildman–Crippen LogP) is 0.422. The van der Waals surface area contributed by atoms with Crippen molar-refractivity contribution in [2.75, 3.05) is 17.3 Å². The summed E-state index contributed by atoms with van der Waals surface area (Å²) in [5.41, 5.74) is 0.578. The second kappa shape index (κ2) is 4.75. The van der Waals surface area contributed by atoms with Crippen molar-refractivity contribution in [2.45, 2.75) is 6.92 Å². The Hall–Kier alpha value is -1.21. The number of anilines is 1. The van der Waals surface area contributed by atoms with Crippen LogP contribution in [0.4, 0.5) is 5.95 Å². The molecule has 0 aliphatic rings. The molecule has 0 spiro atoms. The Balaban J connectivity index is 2.77. The van der Waals surface area contributed by atoms with E-state index in [0.717, 1.165) is 6.26 Å². The lowest BCUT2D eigenvalue weighted by Crippen LogP contribution is -2.23. The zero-order valence-corrected chi connectivity index (χ0v) is 10.3. The van der Waals surface area contributed by atoms with Gasteiger partial charge in [0.2, 0.25) is 11.9 Å². The molecular weight excluding hydrogens is 254 g/mol. The average Bonchev–Trinajstić information content (AvgIpc) is 1.96. The van der Waals surface area contributed by atoms with Crippen molar-refractivity contribution in [1.82, 2.24) is 9.97 Å². The number of halogens is 1. The monoisotopic (exact) mass is 263 g/mol. The van der Waals surface area contributed by atoms with Gasteiger partial charge in [-0.3, -0.25) is 10.1 Å². The lowest BCUT2D eigenvalue weighted by Gasteiger charge is -2.03. The third-order valence-corrected chi connectivity index (χ3v) is 2.45. The van der Waals surface area contributed by atoms with Crippen LogP contribution in [0.25, 0.3) is 0 Å². The summed E-state index contributed by atoms with van der Waals surface area (Å²) in [6.45, 7) is 1.68. The van der Waals surface area contributed by atoms with E-state index in [2.05, 4.69) is 15.3 Å². The Labute approximate surface area is 98.0 Å². The van der Waals surface area contributed by atoms with Gasteiger partial charge in [0.15, 0.2) is 9.84 Å². The van der Waals surface area contributed by atoms with Gasteiger partial charge in [-0.25, -0.2) is 18.4 Å². The van der Waals surface area contributed by atoms with E-state index < -0.39 is 21.5 Å². The van der Waals surface area contributed by atoms with Gasteiger partial charge in [0.05, 0.1) is 0 Å². The number of carbonyl (C=O) groups is 1. The third kappa shape index (κ3) is 4.54. The van der Waals surface area contributed by atoms with E-state index >= 15 is 0 Å². The molecule has 1 amide bonds. The Bertz CT molecular complexity index is 495. The van der Waals surface area contributed by atoms with Crippen LogP contribution in [-0.4, -0.2) is 36.3 Å². The lowest BCUT2D eigenvalue weighted by molar-refractivity contribution is -0.113. The quantitative estimate of drug-likeness (QED) is 0.799. The standard InChI is InChI=1S/C8H10ClN3O3S/c1-5-3-6(9)11-8(10-5)12-7(13)4-16(2,14)15/h3H,4H2,1-2H3,(H,10,11,12,13). The van der Waals surface area contributed by atoms with Gasteiger partial charge in [0.1, 0.15) is 10.9 Å². The van der Waals surface area contributed by atoms with Crippen LogP contribution in [-0.2, 0) is 14.6 Å². The molecule has 0 atom stereocenters. The summed E-state index contributed by atoms with van der Waals surface area (Å²) < 4.78 is 21.7. The number of carbonyl (C=O) groups excluding carboxylic acids is 1. The van der Waals surface area contributed by atoms with Crippen LogP contribution in [0.2, 0.25) is 5.15 Å². The molecule has 1 aromatic rings. The Morgan fingerprint density at radius 2 is 2.12 bits per heavy atom. The molecule has 1 N–H and O–H groups in total. The maximum Gasteiger partial charge on any atom is 0.241 e. The highest BCUT2D eigenvalue weighted by Crippen LogP contribution is 2.09. The number of rotatable bonds is 3. The first-order valence-electron chi connectivity index (χ1n) is 4.25. The van der Waals surface area contributed by atoms with Gasteiger partial charge in [0, 0.05) is 11.9 Å². The highest BCUT2D eigenvalue weighted by Gasteiger charge is 2.12. The van der Waals surface area contributed by atoms with E-state index in [4.69, 9.17) is 11.6 Å². The van der Waals surface area contributed by atoms with Crippen LogP contribution in [0.3, 0.4) is 0 Å². The van der Waals surface area contributed by atoms with Crippen molar-refractivity contribution in [3.05, 3.63) is 16.9 Å². The van der Waals surface area contributed by atoms with Crippen molar-refractivity contribution >= 4 is 33.3 Å². The van der Waals surface area contributed by atoms with Gasteiger partial charge in [-0.05, 0) is 13.0 Å². The second-order valence-corrected chi connectivity index (χ2v) is 5.80. The fourth-order valence-corrected chi connectivity index (χ4v) is 1.77. The van der Waals surface area contributed by atoms with Crippen molar-refractivity contribution < 1.29 is 13.2 Å². The first kappa shape index (κ1) is 12.9. The molecule has 1 rings (SSSR count). The van der Waals surface area contributed by atoms with Crippen LogP contribution in [0.1, 0.15) is 5.69 Å². The first-order chi connectivity index (χ1) is 7.26. The highest BCUT2D eigenvalue weighted by atomic mass is 35.5. The average molecular weight is 264 g/mol. The minimum atomic E-state index is -3.36. The summed E-state index contributed by atoms with van der Waals surface area (Å²) in [5.74, 6) is -1.30. The number of nitrogens with zero attached hydrogens (tertiary/aromatic N) is 2. The van der Waals surface area contributed by atoms with Crippen LogP contribution < -0.4 is 5.32 Å². The molecule has 0 saturated carbocycles. The summed E-state index contributed by atoms with van der Waals surface area (Å²) in [5, 5.41) is 2.44. The van der Waals surface area contributed by atoms with Crippen molar-refractivity contribution in [2.24, 2.45) is 0 Å². The zero-order chi connectivity index (χ0) is 12.3. The molecule has 0 unspecified atom stereocenters. The molecule has 0 fully saturated rings. The molecule has 0 radical (unpaired) electrons. The van der Waals surface area contributed by atoms with Gasteiger partial charge in [-0.2, -0.15) is 0 Å². The number of nitrogens with one attached hydrogen (secondary N) is 1. The van der Waals surface area contributed by atoms with E-state index in [9.17, 15) is 13.2 Å².